The Hall–Kier alpha value is -1.24. The Balaban J connectivity index is 2.04. The van der Waals surface area contributed by atoms with Gasteiger partial charge in [-0.3, -0.25) is 4.79 Å². The van der Waals surface area contributed by atoms with Crippen LogP contribution in [0.25, 0.3) is 0 Å². The van der Waals surface area contributed by atoms with Crippen LogP contribution in [0.4, 0.5) is 18.9 Å². The molecule has 3 nitrogen and oxygen atoms in total. The Morgan fingerprint density at radius 3 is 2.62 bits per heavy atom. The lowest BCUT2D eigenvalue weighted by molar-refractivity contribution is -0.142. The van der Waals surface area contributed by atoms with E-state index in [4.69, 9.17) is 0 Å². The molecule has 0 aliphatic carbocycles. The second-order valence-corrected chi connectivity index (χ2v) is 6.46. The van der Waals surface area contributed by atoms with Gasteiger partial charge in [-0.2, -0.15) is 13.2 Å². The van der Waals surface area contributed by atoms with Crippen LogP contribution in [0.5, 0.6) is 0 Å². The van der Waals surface area contributed by atoms with E-state index in [-0.39, 0.29) is 17.8 Å². The fourth-order valence-electron chi connectivity index (χ4n) is 3.59. The van der Waals surface area contributed by atoms with Gasteiger partial charge < -0.3 is 10.0 Å². The smallest absolute Gasteiger partial charge is 0.418 e. The van der Waals surface area contributed by atoms with Crippen LogP contribution in [-0.2, 0) is 11.0 Å². The van der Waals surface area contributed by atoms with Crippen LogP contribution in [0, 0.1) is 5.92 Å². The number of alkyl halides is 3. The molecule has 2 aliphatic heterocycles. The Bertz CT molecular complexity index is 590. The number of halogens is 4. The summed E-state index contributed by atoms with van der Waals surface area (Å²) in [6.07, 6.45) is -2.65. The molecule has 2 bridgehead atoms. The Morgan fingerprint density at radius 2 is 2.05 bits per heavy atom. The van der Waals surface area contributed by atoms with Crippen molar-refractivity contribution in [2.45, 2.75) is 37.5 Å². The molecule has 0 amide bonds. The van der Waals surface area contributed by atoms with Crippen molar-refractivity contribution in [1.29, 1.82) is 0 Å². The number of carboxylic acid groups (broad SMARTS) is 1. The topological polar surface area (TPSA) is 40.5 Å². The summed E-state index contributed by atoms with van der Waals surface area (Å²) in [6, 6.07) is 3.61. The first kappa shape index (κ1) is 14.7. The molecule has 2 saturated heterocycles. The lowest BCUT2D eigenvalue weighted by atomic mass is 9.89. The van der Waals surface area contributed by atoms with Gasteiger partial charge in [0.1, 0.15) is 0 Å². The Morgan fingerprint density at radius 1 is 1.33 bits per heavy atom. The van der Waals surface area contributed by atoms with E-state index in [9.17, 15) is 23.1 Å². The zero-order valence-corrected chi connectivity index (χ0v) is 12.5. The molecule has 0 radical (unpaired) electrons. The largest absolute Gasteiger partial charge is 0.481 e. The molecule has 21 heavy (non-hydrogen) atoms. The number of anilines is 1. The maximum atomic E-state index is 13.2. The first-order chi connectivity index (χ1) is 9.79. The predicted molar refractivity (Wildman–Crippen MR) is 74.2 cm³/mol. The van der Waals surface area contributed by atoms with Gasteiger partial charge in [0.25, 0.3) is 0 Å². The molecule has 3 atom stereocenters. The van der Waals surface area contributed by atoms with Crippen molar-refractivity contribution < 1.29 is 23.1 Å². The molecule has 2 aliphatic rings. The highest BCUT2D eigenvalue weighted by molar-refractivity contribution is 9.10. The molecule has 0 spiro atoms. The molecule has 0 aromatic heterocycles. The average molecular weight is 364 g/mol. The number of carbonyl (C=O) groups is 1. The number of hydrogen-bond acceptors (Lipinski definition) is 2. The van der Waals surface area contributed by atoms with Gasteiger partial charge in [-0.05, 0) is 37.5 Å². The van der Waals surface area contributed by atoms with Crippen LogP contribution in [-0.4, -0.2) is 23.2 Å². The van der Waals surface area contributed by atoms with Gasteiger partial charge >= 0.3 is 12.1 Å². The summed E-state index contributed by atoms with van der Waals surface area (Å²) in [5, 5.41) is 9.22. The Kier molecular flexibility index (Phi) is 3.43. The zero-order chi connectivity index (χ0) is 15.4. The minimum Gasteiger partial charge on any atom is -0.481 e. The number of fused-ring (bicyclic) bond motifs is 2. The van der Waals surface area contributed by atoms with Crippen molar-refractivity contribution in [1.82, 2.24) is 0 Å². The van der Waals surface area contributed by atoms with Crippen molar-refractivity contribution in [2.24, 2.45) is 5.92 Å². The van der Waals surface area contributed by atoms with Gasteiger partial charge in [0.15, 0.2) is 0 Å². The van der Waals surface area contributed by atoms with Crippen molar-refractivity contribution in [3.05, 3.63) is 28.2 Å². The SMILES string of the molecule is O=C(O)C1CC2CCC1N2c1ccc(Br)cc1C(F)(F)F. The van der Waals surface area contributed by atoms with E-state index in [0.29, 0.717) is 17.3 Å². The molecular weight excluding hydrogens is 351 g/mol. The van der Waals surface area contributed by atoms with E-state index in [1.54, 1.807) is 11.0 Å². The third-order valence-corrected chi connectivity index (χ3v) is 4.89. The summed E-state index contributed by atoms with van der Waals surface area (Å²) in [4.78, 5) is 12.9. The van der Waals surface area contributed by atoms with Crippen LogP contribution >= 0.6 is 15.9 Å². The molecule has 3 unspecified atom stereocenters. The van der Waals surface area contributed by atoms with Crippen LogP contribution in [0.3, 0.4) is 0 Å². The number of rotatable bonds is 2. The fraction of sp³-hybridized carbons (Fsp3) is 0.500. The molecule has 114 valence electrons. The van der Waals surface area contributed by atoms with Crippen molar-refractivity contribution in [3.63, 3.8) is 0 Å². The second kappa shape index (κ2) is 4.90. The van der Waals surface area contributed by atoms with Gasteiger partial charge in [-0.25, -0.2) is 0 Å². The van der Waals surface area contributed by atoms with Crippen LogP contribution in [0.15, 0.2) is 22.7 Å². The second-order valence-electron chi connectivity index (χ2n) is 5.55. The van der Waals surface area contributed by atoms with Crippen LogP contribution in [0.2, 0.25) is 0 Å². The minimum absolute atomic E-state index is 0.0990. The van der Waals surface area contributed by atoms with E-state index >= 15 is 0 Å². The summed E-state index contributed by atoms with van der Waals surface area (Å²) >= 11 is 3.07. The number of aliphatic carboxylic acids is 1. The number of benzene rings is 1. The number of carboxylic acids is 1. The van der Waals surface area contributed by atoms with Gasteiger partial charge in [0.2, 0.25) is 0 Å². The standard InChI is InChI=1S/C14H13BrF3NO2/c15-7-1-3-12(10(5-7)14(16,17)18)19-8-2-4-11(19)9(6-8)13(20)21/h1,3,5,8-9,11H,2,4,6H2,(H,20,21). The first-order valence-corrected chi connectivity index (χ1v) is 7.46. The highest BCUT2D eigenvalue weighted by Crippen LogP contribution is 2.48. The third-order valence-electron chi connectivity index (χ3n) is 4.40. The average Bonchev–Trinajstić information content (AvgIpc) is 2.95. The molecule has 1 aromatic rings. The Labute approximate surface area is 127 Å². The highest BCUT2D eigenvalue weighted by Gasteiger charge is 2.51. The summed E-state index contributed by atoms with van der Waals surface area (Å²) in [6.45, 7) is 0. The lowest BCUT2D eigenvalue weighted by Gasteiger charge is -2.28. The van der Waals surface area contributed by atoms with Gasteiger partial charge in [0.05, 0.1) is 11.5 Å². The minimum atomic E-state index is -4.46. The van der Waals surface area contributed by atoms with Crippen LogP contribution in [0.1, 0.15) is 24.8 Å². The van der Waals surface area contributed by atoms with Crippen LogP contribution < -0.4 is 4.90 Å². The van der Waals surface area contributed by atoms with E-state index in [2.05, 4.69) is 15.9 Å². The quantitative estimate of drug-likeness (QED) is 0.865. The molecule has 1 aromatic carbocycles. The molecule has 1 N–H and O–H groups in total. The highest BCUT2D eigenvalue weighted by atomic mass is 79.9. The normalized spacial score (nSPS) is 28.2. The number of nitrogens with zero attached hydrogens (tertiary/aromatic N) is 1. The third kappa shape index (κ3) is 2.41. The van der Waals surface area contributed by atoms with E-state index in [0.717, 1.165) is 12.5 Å². The molecule has 0 saturated carbocycles. The lowest BCUT2D eigenvalue weighted by Crippen LogP contribution is -2.34. The maximum absolute atomic E-state index is 13.2. The van der Waals surface area contributed by atoms with Crippen molar-refractivity contribution in [2.75, 3.05) is 4.90 Å². The number of hydrogen-bond donors (Lipinski definition) is 1. The maximum Gasteiger partial charge on any atom is 0.418 e. The summed E-state index contributed by atoms with van der Waals surface area (Å²) in [5.74, 6) is -1.49. The molecule has 2 heterocycles. The summed E-state index contributed by atoms with van der Waals surface area (Å²) in [7, 11) is 0. The van der Waals surface area contributed by atoms with Crippen molar-refractivity contribution >= 4 is 27.6 Å². The summed E-state index contributed by atoms with van der Waals surface area (Å²) in [5.41, 5.74) is -0.609. The van der Waals surface area contributed by atoms with E-state index in [1.807, 2.05) is 0 Å². The zero-order valence-electron chi connectivity index (χ0n) is 10.9. The molecule has 2 fully saturated rings. The summed E-state index contributed by atoms with van der Waals surface area (Å²) < 4.78 is 40.1. The molecule has 3 rings (SSSR count). The fourth-order valence-corrected chi connectivity index (χ4v) is 3.95. The van der Waals surface area contributed by atoms with Crippen molar-refractivity contribution in [3.8, 4) is 0 Å². The van der Waals surface area contributed by atoms with Gasteiger partial charge in [0, 0.05) is 22.2 Å². The predicted octanol–water partition coefficient (Wildman–Crippen LogP) is 3.91. The molecular formula is C14H13BrF3NO2. The monoisotopic (exact) mass is 363 g/mol. The van der Waals surface area contributed by atoms with Gasteiger partial charge in [-0.1, -0.05) is 15.9 Å². The molecule has 7 heteroatoms. The van der Waals surface area contributed by atoms with E-state index in [1.165, 1.54) is 6.07 Å². The van der Waals surface area contributed by atoms with E-state index < -0.39 is 23.6 Å². The first-order valence-electron chi connectivity index (χ1n) is 6.67. The van der Waals surface area contributed by atoms with Gasteiger partial charge in [-0.15, -0.1) is 0 Å².